The van der Waals surface area contributed by atoms with Crippen molar-refractivity contribution < 1.29 is 9.53 Å². The molecule has 2 N–H and O–H groups in total. The molecular weight excluding hydrogens is 264 g/mol. The molecule has 1 amide bonds. The first-order valence-corrected chi connectivity index (χ1v) is 7.68. The van der Waals surface area contributed by atoms with Gasteiger partial charge in [-0.25, -0.2) is 0 Å². The molecule has 1 aromatic heterocycles. The SMILES string of the molecule is CCc1cc2[nH]c(CNC(=O)C3CCCO3)cc2cc1C. The Balaban J connectivity index is 1.71. The van der Waals surface area contributed by atoms with Crippen molar-refractivity contribution in [3.05, 3.63) is 35.0 Å². The first-order chi connectivity index (χ1) is 10.2. The second-order valence-electron chi connectivity index (χ2n) is 5.73. The van der Waals surface area contributed by atoms with E-state index in [4.69, 9.17) is 4.74 Å². The van der Waals surface area contributed by atoms with Crippen molar-refractivity contribution in [2.45, 2.75) is 45.8 Å². The van der Waals surface area contributed by atoms with E-state index in [0.29, 0.717) is 13.2 Å². The summed E-state index contributed by atoms with van der Waals surface area (Å²) in [5, 5.41) is 4.15. The number of H-pyrrole nitrogens is 1. The van der Waals surface area contributed by atoms with Crippen molar-refractivity contribution in [2.75, 3.05) is 6.61 Å². The Labute approximate surface area is 124 Å². The van der Waals surface area contributed by atoms with Crippen LogP contribution in [0.2, 0.25) is 0 Å². The Kier molecular flexibility index (Phi) is 3.97. The molecule has 1 aliphatic heterocycles. The molecule has 2 aromatic rings. The lowest BCUT2D eigenvalue weighted by atomic mass is 10.0. The molecule has 1 fully saturated rings. The Morgan fingerprint density at radius 2 is 2.29 bits per heavy atom. The second kappa shape index (κ2) is 5.90. The zero-order chi connectivity index (χ0) is 14.8. The van der Waals surface area contributed by atoms with Gasteiger partial charge in [-0.05, 0) is 60.9 Å². The first kappa shape index (κ1) is 14.1. The predicted molar refractivity (Wildman–Crippen MR) is 83.2 cm³/mol. The average Bonchev–Trinajstić information content (AvgIpc) is 3.12. The van der Waals surface area contributed by atoms with Gasteiger partial charge in [-0.3, -0.25) is 4.79 Å². The first-order valence-electron chi connectivity index (χ1n) is 7.68. The fourth-order valence-electron chi connectivity index (χ4n) is 2.96. The van der Waals surface area contributed by atoms with E-state index in [2.05, 4.69) is 42.3 Å². The van der Waals surface area contributed by atoms with Gasteiger partial charge in [-0.2, -0.15) is 0 Å². The highest BCUT2D eigenvalue weighted by Gasteiger charge is 2.23. The molecule has 0 saturated carbocycles. The molecule has 4 heteroatoms. The van der Waals surface area contributed by atoms with Gasteiger partial charge in [0.05, 0.1) is 6.54 Å². The molecule has 2 heterocycles. The van der Waals surface area contributed by atoms with Crippen LogP contribution < -0.4 is 5.32 Å². The van der Waals surface area contributed by atoms with Gasteiger partial charge in [-0.1, -0.05) is 6.92 Å². The molecule has 4 nitrogen and oxygen atoms in total. The molecule has 1 aromatic carbocycles. The van der Waals surface area contributed by atoms with Gasteiger partial charge < -0.3 is 15.0 Å². The van der Waals surface area contributed by atoms with Crippen LogP contribution in [0.1, 0.15) is 36.6 Å². The Hall–Kier alpha value is -1.81. The smallest absolute Gasteiger partial charge is 0.249 e. The number of amides is 1. The van der Waals surface area contributed by atoms with Gasteiger partial charge in [0, 0.05) is 17.8 Å². The number of aromatic nitrogens is 1. The molecule has 0 spiro atoms. The largest absolute Gasteiger partial charge is 0.368 e. The minimum absolute atomic E-state index is 0.00316. The normalized spacial score (nSPS) is 18.3. The third-order valence-electron chi connectivity index (χ3n) is 4.19. The maximum Gasteiger partial charge on any atom is 0.249 e. The standard InChI is InChI=1S/C17H22N2O2/c1-3-12-9-15-13(7-11(12)2)8-14(19-15)10-18-17(20)16-5-4-6-21-16/h7-9,16,19H,3-6,10H2,1-2H3,(H,18,20). The molecule has 0 aliphatic carbocycles. The molecule has 1 aliphatic rings. The third-order valence-corrected chi connectivity index (χ3v) is 4.19. The van der Waals surface area contributed by atoms with Crippen LogP contribution in [-0.4, -0.2) is 23.6 Å². The van der Waals surface area contributed by atoms with Crippen molar-refractivity contribution in [1.82, 2.24) is 10.3 Å². The summed E-state index contributed by atoms with van der Waals surface area (Å²) in [5.41, 5.74) is 4.85. The Morgan fingerprint density at radius 1 is 1.43 bits per heavy atom. The fourth-order valence-corrected chi connectivity index (χ4v) is 2.96. The highest BCUT2D eigenvalue weighted by Crippen LogP contribution is 2.21. The number of hydrogen-bond donors (Lipinski definition) is 2. The lowest BCUT2D eigenvalue weighted by molar-refractivity contribution is -0.130. The molecule has 3 rings (SSSR count). The molecule has 1 atom stereocenters. The molecular formula is C17H22N2O2. The van der Waals surface area contributed by atoms with E-state index in [-0.39, 0.29) is 12.0 Å². The summed E-state index contributed by atoms with van der Waals surface area (Å²) in [6.07, 6.45) is 2.58. The van der Waals surface area contributed by atoms with Crippen LogP contribution in [0.15, 0.2) is 18.2 Å². The number of aromatic amines is 1. The van der Waals surface area contributed by atoms with Crippen molar-refractivity contribution >= 4 is 16.8 Å². The number of fused-ring (bicyclic) bond motifs is 1. The quantitative estimate of drug-likeness (QED) is 0.908. The zero-order valence-electron chi connectivity index (χ0n) is 12.7. The van der Waals surface area contributed by atoms with Crippen LogP contribution in [0.5, 0.6) is 0 Å². The number of benzene rings is 1. The van der Waals surface area contributed by atoms with E-state index in [0.717, 1.165) is 30.5 Å². The van der Waals surface area contributed by atoms with E-state index >= 15 is 0 Å². The van der Waals surface area contributed by atoms with E-state index in [1.54, 1.807) is 0 Å². The fraction of sp³-hybridized carbons (Fsp3) is 0.471. The van der Waals surface area contributed by atoms with Crippen LogP contribution in [0.3, 0.4) is 0 Å². The highest BCUT2D eigenvalue weighted by atomic mass is 16.5. The van der Waals surface area contributed by atoms with Gasteiger partial charge in [0.15, 0.2) is 0 Å². The van der Waals surface area contributed by atoms with E-state index in [9.17, 15) is 4.79 Å². The highest BCUT2D eigenvalue weighted by molar-refractivity contribution is 5.83. The molecule has 21 heavy (non-hydrogen) atoms. The van der Waals surface area contributed by atoms with E-state index < -0.39 is 0 Å². The Morgan fingerprint density at radius 3 is 3.00 bits per heavy atom. The third kappa shape index (κ3) is 2.95. The Bertz CT molecular complexity index is 654. The van der Waals surface area contributed by atoms with Crippen LogP contribution in [0.4, 0.5) is 0 Å². The summed E-state index contributed by atoms with van der Waals surface area (Å²) in [6, 6.07) is 6.52. The van der Waals surface area contributed by atoms with Gasteiger partial charge in [0.1, 0.15) is 6.10 Å². The summed E-state index contributed by atoms with van der Waals surface area (Å²) in [6.45, 7) is 5.53. The summed E-state index contributed by atoms with van der Waals surface area (Å²) >= 11 is 0. The molecule has 0 radical (unpaired) electrons. The van der Waals surface area contributed by atoms with Gasteiger partial charge >= 0.3 is 0 Å². The predicted octanol–water partition coefficient (Wildman–Crippen LogP) is 2.83. The molecule has 1 unspecified atom stereocenters. The average molecular weight is 286 g/mol. The lowest BCUT2D eigenvalue weighted by Gasteiger charge is -2.09. The molecule has 1 saturated heterocycles. The van der Waals surface area contributed by atoms with Crippen LogP contribution in [0.25, 0.3) is 10.9 Å². The summed E-state index contributed by atoms with van der Waals surface area (Å²) in [5.74, 6) is -0.00316. The van der Waals surface area contributed by atoms with Gasteiger partial charge in [-0.15, -0.1) is 0 Å². The number of hydrogen-bond acceptors (Lipinski definition) is 2. The van der Waals surface area contributed by atoms with Gasteiger partial charge in [0.25, 0.3) is 0 Å². The summed E-state index contributed by atoms with van der Waals surface area (Å²) in [7, 11) is 0. The minimum atomic E-state index is -0.261. The van der Waals surface area contributed by atoms with E-state index in [1.165, 1.54) is 16.5 Å². The maximum absolute atomic E-state index is 11.9. The monoisotopic (exact) mass is 286 g/mol. The van der Waals surface area contributed by atoms with Crippen molar-refractivity contribution in [3.63, 3.8) is 0 Å². The van der Waals surface area contributed by atoms with E-state index in [1.807, 2.05) is 0 Å². The summed E-state index contributed by atoms with van der Waals surface area (Å²) in [4.78, 5) is 15.3. The lowest BCUT2D eigenvalue weighted by Crippen LogP contribution is -2.33. The number of nitrogens with one attached hydrogen (secondary N) is 2. The van der Waals surface area contributed by atoms with Gasteiger partial charge in [0.2, 0.25) is 5.91 Å². The number of aryl methyl sites for hydroxylation is 2. The van der Waals surface area contributed by atoms with Crippen LogP contribution in [-0.2, 0) is 22.5 Å². The number of carbonyl (C=O) groups is 1. The minimum Gasteiger partial charge on any atom is -0.368 e. The maximum atomic E-state index is 11.9. The van der Waals surface area contributed by atoms with Crippen molar-refractivity contribution in [1.29, 1.82) is 0 Å². The number of carbonyl (C=O) groups excluding carboxylic acids is 1. The molecule has 112 valence electrons. The van der Waals surface area contributed by atoms with Crippen LogP contribution >= 0.6 is 0 Å². The second-order valence-corrected chi connectivity index (χ2v) is 5.73. The molecule has 0 bridgehead atoms. The number of ether oxygens (including phenoxy) is 1. The summed E-state index contributed by atoms with van der Waals surface area (Å²) < 4.78 is 5.39. The van der Waals surface area contributed by atoms with Crippen LogP contribution in [0, 0.1) is 6.92 Å². The van der Waals surface area contributed by atoms with Crippen molar-refractivity contribution in [2.24, 2.45) is 0 Å². The zero-order valence-corrected chi connectivity index (χ0v) is 12.7. The topological polar surface area (TPSA) is 54.1 Å². The number of rotatable bonds is 4. The van der Waals surface area contributed by atoms with Crippen molar-refractivity contribution in [3.8, 4) is 0 Å².